The van der Waals surface area contributed by atoms with Crippen LogP contribution in [0.2, 0.25) is 0 Å². The first-order chi connectivity index (χ1) is 10.8. The molecule has 4 heteroatoms. The predicted octanol–water partition coefficient (Wildman–Crippen LogP) is 4.36. The van der Waals surface area contributed by atoms with E-state index in [9.17, 15) is 9.90 Å². The first-order valence-electron chi connectivity index (χ1n) is 8.60. The number of phenols is 1. The summed E-state index contributed by atoms with van der Waals surface area (Å²) in [5, 5.41) is 9.78. The fourth-order valence-electron chi connectivity index (χ4n) is 3.03. The van der Waals surface area contributed by atoms with Crippen LogP contribution in [0.15, 0.2) is 24.3 Å². The number of hydrogen-bond donors (Lipinski definition) is 1. The summed E-state index contributed by atoms with van der Waals surface area (Å²) < 4.78 is 5.42. The molecule has 128 valence electrons. The van der Waals surface area contributed by atoms with Gasteiger partial charge >= 0.3 is 6.09 Å². The summed E-state index contributed by atoms with van der Waals surface area (Å²) in [4.78, 5) is 13.9. The minimum absolute atomic E-state index is 0.190. The minimum Gasteiger partial charge on any atom is -0.508 e. The van der Waals surface area contributed by atoms with Gasteiger partial charge in [-0.15, -0.1) is 0 Å². The number of piperidine rings is 1. The molecule has 1 aromatic rings. The van der Waals surface area contributed by atoms with E-state index in [2.05, 4.69) is 0 Å². The van der Waals surface area contributed by atoms with Crippen molar-refractivity contribution < 1.29 is 14.6 Å². The van der Waals surface area contributed by atoms with Gasteiger partial charge < -0.3 is 14.7 Å². The van der Waals surface area contributed by atoms with Crippen LogP contribution in [0.1, 0.15) is 52.0 Å². The molecule has 0 spiro atoms. The van der Waals surface area contributed by atoms with Gasteiger partial charge in [0, 0.05) is 13.1 Å². The molecule has 1 saturated heterocycles. The smallest absolute Gasteiger partial charge is 0.410 e. The number of nitrogens with zero attached hydrogens (tertiary/aromatic N) is 1. The first kappa shape index (κ1) is 17.6. The molecule has 1 amide bonds. The molecule has 1 fully saturated rings. The molecule has 1 aliphatic rings. The highest BCUT2D eigenvalue weighted by molar-refractivity contribution is 5.68. The summed E-state index contributed by atoms with van der Waals surface area (Å²) in [6, 6.07) is 7.55. The topological polar surface area (TPSA) is 49.8 Å². The lowest BCUT2D eigenvalue weighted by Gasteiger charge is -2.33. The van der Waals surface area contributed by atoms with Crippen molar-refractivity contribution in [3.63, 3.8) is 0 Å². The summed E-state index contributed by atoms with van der Waals surface area (Å²) in [5.74, 6) is 1.06. The third-order valence-corrected chi connectivity index (χ3v) is 4.32. The summed E-state index contributed by atoms with van der Waals surface area (Å²) in [6.45, 7) is 7.27. The molecule has 1 N–H and O–H groups in total. The van der Waals surface area contributed by atoms with Crippen LogP contribution in [0.4, 0.5) is 4.79 Å². The molecule has 4 nitrogen and oxygen atoms in total. The molecule has 23 heavy (non-hydrogen) atoms. The average molecular weight is 319 g/mol. The number of likely N-dealkylation sites (tertiary alicyclic amines) is 1. The predicted molar refractivity (Wildman–Crippen MR) is 91.6 cm³/mol. The number of benzene rings is 1. The minimum atomic E-state index is -0.425. The third kappa shape index (κ3) is 5.77. The maximum Gasteiger partial charge on any atom is 0.410 e. The Morgan fingerprint density at radius 2 is 1.91 bits per heavy atom. The van der Waals surface area contributed by atoms with Crippen LogP contribution in [-0.4, -0.2) is 34.8 Å². The fourth-order valence-corrected chi connectivity index (χ4v) is 3.03. The van der Waals surface area contributed by atoms with Gasteiger partial charge in [0.15, 0.2) is 0 Å². The van der Waals surface area contributed by atoms with Crippen molar-refractivity contribution in [3.05, 3.63) is 29.8 Å². The number of carbonyl (C=O) groups is 1. The second kappa shape index (κ2) is 7.71. The Labute approximate surface area is 139 Å². The van der Waals surface area contributed by atoms with E-state index in [1.165, 1.54) is 0 Å². The van der Waals surface area contributed by atoms with Crippen LogP contribution in [0.3, 0.4) is 0 Å². The lowest BCUT2D eigenvalue weighted by Crippen LogP contribution is -2.41. The van der Waals surface area contributed by atoms with E-state index in [0.29, 0.717) is 11.7 Å². The third-order valence-electron chi connectivity index (χ3n) is 4.32. The van der Waals surface area contributed by atoms with Crippen LogP contribution < -0.4 is 0 Å². The molecule has 0 aliphatic carbocycles. The fraction of sp³-hybridized carbons (Fsp3) is 0.632. The molecular formula is C19H29NO3. The lowest BCUT2D eigenvalue weighted by atomic mass is 9.91. The van der Waals surface area contributed by atoms with Crippen molar-refractivity contribution in [1.29, 1.82) is 0 Å². The number of ether oxygens (including phenoxy) is 1. The number of carbonyl (C=O) groups excluding carboxylic acids is 1. The zero-order chi connectivity index (χ0) is 16.9. The van der Waals surface area contributed by atoms with E-state index in [0.717, 1.165) is 50.8 Å². The highest BCUT2D eigenvalue weighted by atomic mass is 16.6. The molecule has 0 aromatic heterocycles. The highest BCUT2D eigenvalue weighted by Crippen LogP contribution is 2.25. The second-order valence-electron chi connectivity index (χ2n) is 7.43. The van der Waals surface area contributed by atoms with Crippen LogP contribution in [0.25, 0.3) is 0 Å². The van der Waals surface area contributed by atoms with Crippen molar-refractivity contribution >= 4 is 6.09 Å². The van der Waals surface area contributed by atoms with E-state index in [-0.39, 0.29) is 6.09 Å². The molecule has 0 saturated carbocycles. The van der Waals surface area contributed by atoms with Crippen LogP contribution in [0, 0.1) is 5.92 Å². The second-order valence-corrected chi connectivity index (χ2v) is 7.43. The Morgan fingerprint density at radius 1 is 1.26 bits per heavy atom. The van der Waals surface area contributed by atoms with Gasteiger partial charge in [0.25, 0.3) is 0 Å². The van der Waals surface area contributed by atoms with Gasteiger partial charge in [-0.2, -0.15) is 0 Å². The molecule has 0 bridgehead atoms. The number of aromatic hydroxyl groups is 1. The SMILES string of the molecule is CC(C)(C)OC(=O)N1CCC(CCCc2ccccc2O)CC1. The van der Waals surface area contributed by atoms with Gasteiger partial charge in [-0.3, -0.25) is 0 Å². The molecule has 0 unspecified atom stereocenters. The Kier molecular flexibility index (Phi) is 5.91. The van der Waals surface area contributed by atoms with Crippen molar-refractivity contribution in [2.45, 2.75) is 58.5 Å². The quantitative estimate of drug-likeness (QED) is 0.897. The Hall–Kier alpha value is -1.71. The van der Waals surface area contributed by atoms with Crippen LogP contribution in [0.5, 0.6) is 5.75 Å². The van der Waals surface area contributed by atoms with E-state index in [1.54, 1.807) is 6.07 Å². The maximum atomic E-state index is 12.0. The van der Waals surface area contributed by atoms with Gasteiger partial charge in [0.2, 0.25) is 0 Å². The lowest BCUT2D eigenvalue weighted by molar-refractivity contribution is 0.0180. The molecule has 1 aromatic carbocycles. The summed E-state index contributed by atoms with van der Waals surface area (Å²) in [7, 11) is 0. The molecule has 0 atom stereocenters. The van der Waals surface area contributed by atoms with Crippen LogP contribution >= 0.6 is 0 Å². The number of aryl methyl sites for hydroxylation is 1. The summed E-state index contributed by atoms with van der Waals surface area (Å²) >= 11 is 0. The normalized spacial score (nSPS) is 16.4. The Bertz CT molecular complexity index is 514. The van der Waals surface area contributed by atoms with Gasteiger partial charge in [-0.25, -0.2) is 4.79 Å². The summed E-state index contributed by atoms with van der Waals surface area (Å²) in [5.41, 5.74) is 0.602. The number of hydrogen-bond acceptors (Lipinski definition) is 3. The van der Waals surface area contributed by atoms with Gasteiger partial charge in [0.1, 0.15) is 11.4 Å². The Morgan fingerprint density at radius 3 is 2.52 bits per heavy atom. The van der Waals surface area contributed by atoms with Gasteiger partial charge in [0.05, 0.1) is 0 Å². The largest absolute Gasteiger partial charge is 0.508 e. The first-order valence-corrected chi connectivity index (χ1v) is 8.60. The average Bonchev–Trinajstić information content (AvgIpc) is 2.48. The number of rotatable bonds is 4. The monoisotopic (exact) mass is 319 g/mol. The zero-order valence-corrected chi connectivity index (χ0v) is 14.5. The molecule has 1 heterocycles. The van der Waals surface area contributed by atoms with Gasteiger partial charge in [-0.1, -0.05) is 18.2 Å². The number of amides is 1. The molecular weight excluding hydrogens is 290 g/mol. The van der Waals surface area contributed by atoms with E-state index in [4.69, 9.17) is 4.74 Å². The summed E-state index contributed by atoms with van der Waals surface area (Å²) in [6.07, 6.45) is 5.04. The molecule has 0 radical (unpaired) electrons. The van der Waals surface area contributed by atoms with Crippen molar-refractivity contribution in [3.8, 4) is 5.75 Å². The molecule has 2 rings (SSSR count). The van der Waals surface area contributed by atoms with Crippen molar-refractivity contribution in [2.75, 3.05) is 13.1 Å². The van der Waals surface area contributed by atoms with E-state index >= 15 is 0 Å². The Balaban J connectivity index is 1.69. The molecule has 1 aliphatic heterocycles. The standard InChI is InChI=1S/C19H29NO3/c1-19(2,3)23-18(22)20-13-11-15(12-14-20)7-6-9-16-8-4-5-10-17(16)21/h4-5,8,10,15,21H,6-7,9,11-14H2,1-3H3. The number of phenolic OH excluding ortho intramolecular Hbond substituents is 1. The van der Waals surface area contributed by atoms with E-state index < -0.39 is 5.60 Å². The zero-order valence-electron chi connectivity index (χ0n) is 14.5. The maximum absolute atomic E-state index is 12.0. The number of para-hydroxylation sites is 1. The van der Waals surface area contributed by atoms with Crippen LogP contribution in [-0.2, 0) is 11.2 Å². The van der Waals surface area contributed by atoms with E-state index in [1.807, 2.05) is 43.9 Å². The highest BCUT2D eigenvalue weighted by Gasteiger charge is 2.26. The van der Waals surface area contributed by atoms with Crippen molar-refractivity contribution in [2.24, 2.45) is 5.92 Å². The van der Waals surface area contributed by atoms with Crippen molar-refractivity contribution in [1.82, 2.24) is 4.90 Å². The van der Waals surface area contributed by atoms with Gasteiger partial charge in [-0.05, 0) is 70.4 Å².